The van der Waals surface area contributed by atoms with Crippen LogP contribution < -0.4 is 5.32 Å². The Bertz CT molecular complexity index is 462. The molecule has 0 aliphatic carbocycles. The van der Waals surface area contributed by atoms with Gasteiger partial charge in [-0.2, -0.15) is 0 Å². The van der Waals surface area contributed by atoms with Gasteiger partial charge in [0, 0.05) is 11.6 Å². The molecule has 0 fully saturated rings. The highest BCUT2D eigenvalue weighted by Crippen LogP contribution is 2.24. The first-order chi connectivity index (χ1) is 7.72. The molecule has 1 unspecified atom stereocenters. The molecule has 1 aromatic heterocycles. The van der Waals surface area contributed by atoms with Gasteiger partial charge in [0.1, 0.15) is 5.76 Å². The normalized spacial score (nSPS) is 12.7. The fourth-order valence-corrected chi connectivity index (χ4v) is 1.65. The van der Waals surface area contributed by atoms with Crippen LogP contribution in [-0.4, -0.2) is 12.0 Å². The summed E-state index contributed by atoms with van der Waals surface area (Å²) >= 11 is 0. The van der Waals surface area contributed by atoms with Gasteiger partial charge in [-0.15, -0.1) is 0 Å². The molecule has 0 aliphatic heterocycles. The largest absolute Gasteiger partial charge is 0.441 e. The first-order valence-electron chi connectivity index (χ1n) is 5.42. The molecule has 1 aromatic carbocycles. The van der Waals surface area contributed by atoms with Crippen LogP contribution in [0.25, 0.3) is 11.5 Å². The summed E-state index contributed by atoms with van der Waals surface area (Å²) < 4.78 is 5.67. The summed E-state index contributed by atoms with van der Waals surface area (Å²) in [4.78, 5) is 4.52. The summed E-state index contributed by atoms with van der Waals surface area (Å²) in [5, 5.41) is 3.16. The summed E-state index contributed by atoms with van der Waals surface area (Å²) in [5.41, 5.74) is 1.99. The molecule has 16 heavy (non-hydrogen) atoms. The zero-order valence-corrected chi connectivity index (χ0v) is 9.82. The van der Waals surface area contributed by atoms with E-state index in [1.165, 1.54) is 0 Å². The van der Waals surface area contributed by atoms with E-state index in [9.17, 15) is 0 Å². The molecule has 1 atom stereocenters. The van der Waals surface area contributed by atoms with Crippen LogP contribution in [0.15, 0.2) is 34.7 Å². The van der Waals surface area contributed by atoms with Crippen molar-refractivity contribution in [2.75, 3.05) is 7.05 Å². The lowest BCUT2D eigenvalue weighted by molar-refractivity contribution is 0.530. The van der Waals surface area contributed by atoms with Gasteiger partial charge < -0.3 is 9.73 Å². The summed E-state index contributed by atoms with van der Waals surface area (Å²) in [7, 11) is 1.92. The van der Waals surface area contributed by atoms with Crippen LogP contribution in [0.3, 0.4) is 0 Å². The van der Waals surface area contributed by atoms with Gasteiger partial charge >= 0.3 is 0 Å². The molecule has 0 bridgehead atoms. The summed E-state index contributed by atoms with van der Waals surface area (Å²) in [6, 6.07) is 10.2. The maximum Gasteiger partial charge on any atom is 0.226 e. The van der Waals surface area contributed by atoms with Crippen molar-refractivity contribution in [2.45, 2.75) is 19.9 Å². The Morgan fingerprint density at radius 1 is 1.25 bits per heavy atom. The minimum atomic E-state index is 0.209. The lowest BCUT2D eigenvalue weighted by atomic mass is 10.2. The van der Waals surface area contributed by atoms with Crippen molar-refractivity contribution in [1.82, 2.24) is 10.3 Å². The topological polar surface area (TPSA) is 38.1 Å². The lowest BCUT2D eigenvalue weighted by Crippen LogP contribution is -2.13. The quantitative estimate of drug-likeness (QED) is 0.857. The lowest BCUT2D eigenvalue weighted by Gasteiger charge is -2.05. The van der Waals surface area contributed by atoms with Crippen molar-refractivity contribution in [1.29, 1.82) is 0 Å². The number of rotatable bonds is 3. The van der Waals surface area contributed by atoms with Gasteiger partial charge in [0.2, 0.25) is 5.89 Å². The van der Waals surface area contributed by atoms with E-state index in [1.54, 1.807) is 0 Å². The molecule has 2 rings (SSSR count). The van der Waals surface area contributed by atoms with Crippen molar-refractivity contribution < 1.29 is 4.42 Å². The molecule has 3 nitrogen and oxygen atoms in total. The number of oxazole rings is 1. The second-order valence-electron chi connectivity index (χ2n) is 3.84. The molecule has 0 radical (unpaired) electrons. The van der Waals surface area contributed by atoms with E-state index < -0.39 is 0 Å². The fourth-order valence-electron chi connectivity index (χ4n) is 1.65. The Balaban J connectivity index is 2.38. The maximum absolute atomic E-state index is 5.67. The van der Waals surface area contributed by atoms with E-state index in [-0.39, 0.29) is 6.04 Å². The molecule has 84 valence electrons. The highest BCUT2D eigenvalue weighted by molar-refractivity contribution is 5.53. The van der Waals surface area contributed by atoms with Gasteiger partial charge in [-0.05, 0) is 33.0 Å². The van der Waals surface area contributed by atoms with E-state index in [2.05, 4.69) is 17.2 Å². The van der Waals surface area contributed by atoms with E-state index >= 15 is 0 Å². The zero-order chi connectivity index (χ0) is 11.5. The van der Waals surface area contributed by atoms with Crippen LogP contribution in [0.1, 0.15) is 24.4 Å². The number of aromatic nitrogens is 1. The summed E-state index contributed by atoms with van der Waals surface area (Å²) in [5.74, 6) is 1.57. The SMILES string of the molecule is CNC(C)c1nc(-c2ccccc2)oc1C. The Kier molecular flexibility index (Phi) is 3.06. The number of nitrogens with zero attached hydrogens (tertiary/aromatic N) is 1. The molecule has 0 saturated heterocycles. The van der Waals surface area contributed by atoms with Gasteiger partial charge in [0.15, 0.2) is 0 Å². The van der Waals surface area contributed by atoms with Crippen molar-refractivity contribution in [3.8, 4) is 11.5 Å². The van der Waals surface area contributed by atoms with E-state index in [1.807, 2.05) is 44.3 Å². The Morgan fingerprint density at radius 2 is 1.94 bits per heavy atom. The number of benzene rings is 1. The summed E-state index contributed by atoms with van der Waals surface area (Å²) in [6.07, 6.45) is 0. The van der Waals surface area contributed by atoms with Gasteiger partial charge in [-0.3, -0.25) is 0 Å². The number of nitrogens with one attached hydrogen (secondary N) is 1. The molecule has 2 aromatic rings. The molecule has 0 saturated carbocycles. The maximum atomic E-state index is 5.67. The molecular weight excluding hydrogens is 200 g/mol. The van der Waals surface area contributed by atoms with Crippen molar-refractivity contribution in [3.63, 3.8) is 0 Å². The molecule has 0 amide bonds. The third kappa shape index (κ3) is 1.99. The van der Waals surface area contributed by atoms with Gasteiger partial charge in [0.05, 0.1) is 5.69 Å². The fraction of sp³-hybridized carbons (Fsp3) is 0.308. The van der Waals surface area contributed by atoms with Crippen molar-refractivity contribution >= 4 is 0 Å². The van der Waals surface area contributed by atoms with Gasteiger partial charge in [-0.25, -0.2) is 4.98 Å². The number of hydrogen-bond donors (Lipinski definition) is 1. The minimum Gasteiger partial charge on any atom is -0.441 e. The molecule has 1 N–H and O–H groups in total. The molecule has 0 aliphatic rings. The Morgan fingerprint density at radius 3 is 2.56 bits per heavy atom. The standard InChI is InChI=1S/C13H16N2O/c1-9(14-3)12-10(2)16-13(15-12)11-7-5-4-6-8-11/h4-9,14H,1-3H3. The number of hydrogen-bond acceptors (Lipinski definition) is 3. The zero-order valence-electron chi connectivity index (χ0n) is 9.82. The monoisotopic (exact) mass is 216 g/mol. The molecule has 1 heterocycles. The Labute approximate surface area is 95.5 Å². The minimum absolute atomic E-state index is 0.209. The number of aryl methyl sites for hydroxylation is 1. The highest BCUT2D eigenvalue weighted by Gasteiger charge is 2.15. The van der Waals surface area contributed by atoms with Crippen LogP contribution >= 0.6 is 0 Å². The van der Waals surface area contributed by atoms with E-state index in [0.717, 1.165) is 17.0 Å². The van der Waals surface area contributed by atoms with Crippen LogP contribution in [0, 0.1) is 6.92 Å². The molecule has 0 spiro atoms. The second-order valence-corrected chi connectivity index (χ2v) is 3.84. The van der Waals surface area contributed by atoms with Crippen LogP contribution in [0.4, 0.5) is 0 Å². The average Bonchev–Trinajstić information content (AvgIpc) is 2.71. The van der Waals surface area contributed by atoms with Gasteiger partial charge in [0.25, 0.3) is 0 Å². The van der Waals surface area contributed by atoms with E-state index in [4.69, 9.17) is 4.42 Å². The predicted octanol–water partition coefficient (Wildman–Crippen LogP) is 2.93. The van der Waals surface area contributed by atoms with Crippen LogP contribution in [0.5, 0.6) is 0 Å². The first-order valence-corrected chi connectivity index (χ1v) is 5.42. The molecular formula is C13H16N2O. The first kappa shape index (κ1) is 10.9. The highest BCUT2D eigenvalue weighted by atomic mass is 16.4. The predicted molar refractivity (Wildman–Crippen MR) is 64.2 cm³/mol. The van der Waals surface area contributed by atoms with Crippen LogP contribution in [-0.2, 0) is 0 Å². The Hall–Kier alpha value is -1.61. The van der Waals surface area contributed by atoms with Gasteiger partial charge in [-0.1, -0.05) is 18.2 Å². The molecule has 3 heteroatoms. The second kappa shape index (κ2) is 4.49. The summed E-state index contributed by atoms with van der Waals surface area (Å²) in [6.45, 7) is 4.02. The van der Waals surface area contributed by atoms with Crippen LogP contribution in [0.2, 0.25) is 0 Å². The third-order valence-electron chi connectivity index (χ3n) is 2.70. The van der Waals surface area contributed by atoms with Crippen molar-refractivity contribution in [3.05, 3.63) is 41.8 Å². The third-order valence-corrected chi connectivity index (χ3v) is 2.70. The average molecular weight is 216 g/mol. The smallest absolute Gasteiger partial charge is 0.226 e. The van der Waals surface area contributed by atoms with E-state index in [0.29, 0.717) is 5.89 Å². The van der Waals surface area contributed by atoms with Crippen molar-refractivity contribution in [2.24, 2.45) is 0 Å².